The molecule has 0 aliphatic rings. The van der Waals surface area contributed by atoms with Crippen LogP contribution in [0.5, 0.6) is 0 Å². The summed E-state index contributed by atoms with van der Waals surface area (Å²) in [5, 5.41) is 0. The third kappa shape index (κ3) is 2.96. The predicted molar refractivity (Wildman–Crippen MR) is 41.4 cm³/mol. The normalized spacial score (nSPS) is 17.9. The molecule has 0 aliphatic heterocycles. The Hall–Kier alpha value is 0.810. The maximum absolute atomic E-state index is 10.2. The molecule has 0 aliphatic carbocycles. The van der Waals surface area contributed by atoms with Crippen LogP contribution >= 0.6 is 22.5 Å². The van der Waals surface area contributed by atoms with Gasteiger partial charge in [-0.15, -0.1) is 11.7 Å². The van der Waals surface area contributed by atoms with Gasteiger partial charge in [-0.2, -0.15) is 0 Å². The Balaban J connectivity index is 3.52. The van der Waals surface area contributed by atoms with Crippen LogP contribution in [-0.2, 0) is 11.1 Å². The van der Waals surface area contributed by atoms with Crippen molar-refractivity contribution in [1.82, 2.24) is 0 Å². The lowest BCUT2D eigenvalue weighted by atomic mass is 10.6. The molecule has 0 radical (unpaired) electrons. The molecule has 0 saturated carbocycles. The van der Waals surface area contributed by atoms with Crippen molar-refractivity contribution in [3.63, 3.8) is 0 Å². The van der Waals surface area contributed by atoms with Gasteiger partial charge in [0.05, 0.1) is 0 Å². The zero-order valence-electron chi connectivity index (χ0n) is 4.40. The Morgan fingerprint density at radius 2 is 2.50 bits per heavy atom. The first-order valence-corrected chi connectivity index (χ1v) is 5.22. The van der Waals surface area contributed by atoms with E-state index in [1.807, 2.05) is 6.92 Å². The fourth-order valence-electron chi connectivity index (χ4n) is 0.254. The van der Waals surface area contributed by atoms with Crippen LogP contribution in [0.15, 0.2) is 0 Å². The highest BCUT2D eigenvalue weighted by atomic mass is 33.1. The molecule has 0 aromatic carbocycles. The zero-order chi connectivity index (χ0) is 6.57. The van der Waals surface area contributed by atoms with Crippen LogP contribution in [0.1, 0.15) is 13.3 Å². The van der Waals surface area contributed by atoms with Crippen LogP contribution in [-0.4, -0.2) is 13.3 Å². The van der Waals surface area contributed by atoms with Crippen molar-refractivity contribution in [2.24, 2.45) is 0 Å². The molecule has 0 rings (SSSR count). The summed E-state index contributed by atoms with van der Waals surface area (Å²) in [6.45, 7) is 1.85. The summed E-state index contributed by atoms with van der Waals surface area (Å²) in [6, 6.07) is 0. The fourth-order valence-corrected chi connectivity index (χ4v) is 2.09. The minimum atomic E-state index is -1.72. The molecule has 0 heterocycles. The molecule has 2 atom stereocenters. The first kappa shape index (κ1) is 8.81. The highest BCUT2D eigenvalue weighted by molar-refractivity contribution is 8.70. The fraction of sp³-hybridized carbons (Fsp3) is 1.00. The Bertz CT molecular complexity index is 80.6. The molecule has 0 saturated heterocycles. The topological polar surface area (TPSA) is 37.3 Å². The lowest BCUT2D eigenvalue weighted by Gasteiger charge is -2.02. The van der Waals surface area contributed by atoms with E-state index in [0.717, 1.165) is 10.8 Å². The molecule has 50 valence electrons. The minimum Gasteiger partial charge on any atom is -0.305 e. The van der Waals surface area contributed by atoms with Crippen molar-refractivity contribution >= 4 is 33.5 Å². The van der Waals surface area contributed by atoms with E-state index < -0.39 is 11.1 Å². The molecule has 0 spiro atoms. The second-order valence-corrected chi connectivity index (χ2v) is 4.05. The molecule has 2 nitrogen and oxygen atoms in total. The van der Waals surface area contributed by atoms with E-state index in [1.54, 1.807) is 0 Å². The van der Waals surface area contributed by atoms with Gasteiger partial charge in [0.2, 0.25) is 0 Å². The van der Waals surface area contributed by atoms with E-state index in [4.69, 9.17) is 4.55 Å². The summed E-state index contributed by atoms with van der Waals surface area (Å²) in [4.78, 5) is 0. The molecule has 0 bridgehead atoms. The molecule has 0 aromatic rings. The van der Waals surface area contributed by atoms with Crippen molar-refractivity contribution in [2.45, 2.75) is 17.9 Å². The SMILES string of the molecule is CCC(SS)S(=O)O. The Morgan fingerprint density at radius 1 is 2.00 bits per heavy atom. The molecule has 0 fully saturated rings. The van der Waals surface area contributed by atoms with Gasteiger partial charge in [-0.1, -0.05) is 17.7 Å². The van der Waals surface area contributed by atoms with Gasteiger partial charge < -0.3 is 4.55 Å². The minimum absolute atomic E-state index is 0.238. The van der Waals surface area contributed by atoms with E-state index in [-0.39, 0.29) is 4.58 Å². The average molecular weight is 172 g/mol. The van der Waals surface area contributed by atoms with Gasteiger partial charge >= 0.3 is 0 Å². The van der Waals surface area contributed by atoms with E-state index in [0.29, 0.717) is 6.42 Å². The lowest BCUT2D eigenvalue weighted by molar-refractivity contribution is 0.560. The third-order valence-corrected chi connectivity index (χ3v) is 4.00. The summed E-state index contributed by atoms with van der Waals surface area (Å²) in [5.41, 5.74) is 0. The number of rotatable bonds is 3. The summed E-state index contributed by atoms with van der Waals surface area (Å²) >= 11 is 2.08. The van der Waals surface area contributed by atoms with Gasteiger partial charge in [0, 0.05) is 0 Å². The largest absolute Gasteiger partial charge is 0.305 e. The first-order valence-electron chi connectivity index (χ1n) is 2.12. The first-order chi connectivity index (χ1) is 3.72. The van der Waals surface area contributed by atoms with Crippen molar-refractivity contribution < 1.29 is 8.76 Å². The van der Waals surface area contributed by atoms with E-state index in [9.17, 15) is 4.21 Å². The summed E-state index contributed by atoms with van der Waals surface area (Å²) < 4.78 is 18.4. The average Bonchev–Trinajstić information content (AvgIpc) is 1.69. The molecule has 0 aromatic heterocycles. The molecule has 8 heavy (non-hydrogen) atoms. The van der Waals surface area contributed by atoms with Crippen molar-refractivity contribution in [3.05, 3.63) is 0 Å². The van der Waals surface area contributed by atoms with Crippen LogP contribution < -0.4 is 0 Å². The van der Waals surface area contributed by atoms with Crippen LogP contribution in [0.3, 0.4) is 0 Å². The summed E-state index contributed by atoms with van der Waals surface area (Å²) in [6.07, 6.45) is 0.678. The Labute approximate surface area is 60.5 Å². The molecule has 2 unspecified atom stereocenters. The van der Waals surface area contributed by atoms with Gasteiger partial charge in [0.1, 0.15) is 4.58 Å². The van der Waals surface area contributed by atoms with Crippen LogP contribution in [0.4, 0.5) is 0 Å². The zero-order valence-corrected chi connectivity index (χ0v) is 6.93. The number of hydrogen-bond donors (Lipinski definition) is 2. The van der Waals surface area contributed by atoms with Crippen molar-refractivity contribution in [2.75, 3.05) is 0 Å². The predicted octanol–water partition coefficient (Wildman–Crippen LogP) is 1.52. The second-order valence-electron chi connectivity index (χ2n) is 1.22. The quantitative estimate of drug-likeness (QED) is 0.385. The van der Waals surface area contributed by atoms with Gasteiger partial charge in [0.15, 0.2) is 11.1 Å². The summed E-state index contributed by atoms with van der Waals surface area (Å²) in [7, 11) is 1.12. The smallest absolute Gasteiger partial charge is 0.167 e. The Kier molecular flexibility index (Phi) is 5.14. The molecule has 5 heteroatoms. The van der Waals surface area contributed by atoms with E-state index >= 15 is 0 Å². The number of thiol groups is 1. The highest BCUT2D eigenvalue weighted by Gasteiger charge is 2.09. The highest BCUT2D eigenvalue weighted by Crippen LogP contribution is 2.19. The van der Waals surface area contributed by atoms with Crippen molar-refractivity contribution in [3.8, 4) is 0 Å². The maximum atomic E-state index is 10.2. The maximum Gasteiger partial charge on any atom is 0.167 e. The van der Waals surface area contributed by atoms with Crippen LogP contribution in [0.25, 0.3) is 0 Å². The lowest BCUT2D eigenvalue weighted by Crippen LogP contribution is -2.05. The molecule has 0 amide bonds. The van der Waals surface area contributed by atoms with E-state index in [2.05, 4.69) is 11.7 Å². The second kappa shape index (κ2) is 4.67. The van der Waals surface area contributed by atoms with Gasteiger partial charge in [-0.3, -0.25) is 0 Å². The van der Waals surface area contributed by atoms with Gasteiger partial charge in [-0.25, -0.2) is 4.21 Å². The number of hydrogen-bond acceptors (Lipinski definition) is 3. The monoisotopic (exact) mass is 172 g/mol. The van der Waals surface area contributed by atoms with Gasteiger partial charge in [0.25, 0.3) is 0 Å². The standard InChI is InChI=1S/C3H8O2S3/c1-2-3(7-6)8(4)5/h3,6H,2H2,1H3,(H,4,5). The molecule has 1 N–H and O–H groups in total. The van der Waals surface area contributed by atoms with Crippen molar-refractivity contribution in [1.29, 1.82) is 0 Å². The van der Waals surface area contributed by atoms with E-state index in [1.165, 1.54) is 0 Å². The third-order valence-electron chi connectivity index (χ3n) is 0.676. The van der Waals surface area contributed by atoms with Gasteiger partial charge in [-0.05, 0) is 6.42 Å². The van der Waals surface area contributed by atoms with Crippen LogP contribution in [0.2, 0.25) is 0 Å². The van der Waals surface area contributed by atoms with Crippen LogP contribution in [0, 0.1) is 0 Å². The Morgan fingerprint density at radius 3 is 2.50 bits per heavy atom. The molecular formula is C3H8O2S3. The summed E-state index contributed by atoms with van der Waals surface area (Å²) in [5.74, 6) is 0. The molecular weight excluding hydrogens is 164 g/mol.